The molecule has 2 aromatic carbocycles. The molecule has 0 saturated carbocycles. The van der Waals surface area contributed by atoms with Gasteiger partial charge in [-0.15, -0.1) is 0 Å². The smallest absolute Gasteiger partial charge is 0.275 e. The van der Waals surface area contributed by atoms with Crippen LogP contribution in [-0.2, 0) is 0 Å². The van der Waals surface area contributed by atoms with Crippen LogP contribution in [0.2, 0.25) is 0 Å². The van der Waals surface area contributed by atoms with E-state index in [4.69, 9.17) is 9.47 Å². The lowest BCUT2D eigenvalue weighted by Gasteiger charge is -2.13. The largest absolute Gasteiger partial charge is 0.494 e. The van der Waals surface area contributed by atoms with E-state index in [9.17, 15) is 4.79 Å². The van der Waals surface area contributed by atoms with Gasteiger partial charge in [0.15, 0.2) is 0 Å². The first-order valence-corrected chi connectivity index (χ1v) is 8.14. The molecule has 25 heavy (non-hydrogen) atoms. The van der Waals surface area contributed by atoms with Crippen LogP contribution >= 0.6 is 0 Å². The first-order chi connectivity index (χ1) is 12.2. The van der Waals surface area contributed by atoms with Crippen molar-refractivity contribution in [2.24, 2.45) is 0 Å². The molecule has 0 bridgehead atoms. The lowest BCUT2D eigenvalue weighted by atomic mass is 10.2. The SMILES string of the molecule is CCOc1ccc(OCC)c(NC(=O)c2cnc3ccccc3n2)c1. The van der Waals surface area contributed by atoms with Gasteiger partial charge in [0.05, 0.1) is 36.1 Å². The summed E-state index contributed by atoms with van der Waals surface area (Å²) in [5.41, 5.74) is 2.19. The Balaban J connectivity index is 1.88. The van der Waals surface area contributed by atoms with Gasteiger partial charge in [0.1, 0.15) is 17.2 Å². The number of carbonyl (C=O) groups excluding carboxylic acids is 1. The Hall–Kier alpha value is -3.15. The molecule has 6 heteroatoms. The Morgan fingerprint density at radius 1 is 1.04 bits per heavy atom. The molecule has 0 unspecified atom stereocenters. The molecule has 0 radical (unpaired) electrons. The number of anilines is 1. The van der Waals surface area contributed by atoms with E-state index in [1.54, 1.807) is 18.2 Å². The summed E-state index contributed by atoms with van der Waals surface area (Å²) in [4.78, 5) is 21.2. The Morgan fingerprint density at radius 2 is 1.80 bits per heavy atom. The fraction of sp³-hybridized carbons (Fsp3) is 0.211. The molecule has 3 rings (SSSR count). The molecule has 0 aliphatic rings. The van der Waals surface area contributed by atoms with Crippen LogP contribution in [0.5, 0.6) is 11.5 Å². The maximum absolute atomic E-state index is 12.6. The van der Waals surface area contributed by atoms with Crippen LogP contribution in [0, 0.1) is 0 Å². The van der Waals surface area contributed by atoms with Crippen molar-refractivity contribution in [2.45, 2.75) is 13.8 Å². The number of aromatic nitrogens is 2. The van der Waals surface area contributed by atoms with Crippen LogP contribution in [0.3, 0.4) is 0 Å². The van der Waals surface area contributed by atoms with Crippen molar-refractivity contribution in [3.8, 4) is 11.5 Å². The van der Waals surface area contributed by atoms with Crippen LogP contribution in [0.1, 0.15) is 24.3 Å². The molecule has 1 aromatic heterocycles. The second-order valence-electron chi connectivity index (χ2n) is 5.22. The number of nitrogens with one attached hydrogen (secondary N) is 1. The Kier molecular flexibility index (Phi) is 5.09. The van der Waals surface area contributed by atoms with Gasteiger partial charge >= 0.3 is 0 Å². The fourth-order valence-corrected chi connectivity index (χ4v) is 2.40. The third-order valence-electron chi connectivity index (χ3n) is 3.49. The van der Waals surface area contributed by atoms with Crippen molar-refractivity contribution >= 4 is 22.6 Å². The van der Waals surface area contributed by atoms with Gasteiger partial charge in [0.2, 0.25) is 0 Å². The van der Waals surface area contributed by atoms with Gasteiger partial charge in [-0.25, -0.2) is 4.98 Å². The molecular weight excluding hydrogens is 318 g/mol. The lowest BCUT2D eigenvalue weighted by molar-refractivity contribution is 0.102. The third kappa shape index (κ3) is 3.85. The highest BCUT2D eigenvalue weighted by Crippen LogP contribution is 2.29. The molecule has 0 saturated heterocycles. The average molecular weight is 337 g/mol. The van der Waals surface area contributed by atoms with Gasteiger partial charge < -0.3 is 14.8 Å². The van der Waals surface area contributed by atoms with Gasteiger partial charge in [-0.2, -0.15) is 0 Å². The van der Waals surface area contributed by atoms with Gasteiger partial charge in [0.25, 0.3) is 5.91 Å². The van der Waals surface area contributed by atoms with Crippen LogP contribution < -0.4 is 14.8 Å². The standard InChI is InChI=1S/C19H19N3O3/c1-3-24-13-9-10-18(25-4-2)16(11-13)22-19(23)17-12-20-14-7-5-6-8-15(14)21-17/h5-12H,3-4H2,1-2H3,(H,22,23). The molecule has 0 spiro atoms. The number of ether oxygens (including phenoxy) is 2. The van der Waals surface area contributed by atoms with E-state index < -0.39 is 0 Å². The minimum Gasteiger partial charge on any atom is -0.494 e. The predicted octanol–water partition coefficient (Wildman–Crippen LogP) is 3.68. The van der Waals surface area contributed by atoms with E-state index in [0.717, 1.165) is 5.52 Å². The van der Waals surface area contributed by atoms with Crippen molar-refractivity contribution in [2.75, 3.05) is 18.5 Å². The molecule has 0 aliphatic carbocycles. The predicted molar refractivity (Wildman–Crippen MR) is 96.3 cm³/mol. The number of hydrogen-bond acceptors (Lipinski definition) is 5. The molecule has 6 nitrogen and oxygen atoms in total. The van der Waals surface area contributed by atoms with E-state index in [2.05, 4.69) is 15.3 Å². The molecular formula is C19H19N3O3. The van der Waals surface area contributed by atoms with Crippen LogP contribution in [0.4, 0.5) is 5.69 Å². The topological polar surface area (TPSA) is 73.3 Å². The van der Waals surface area contributed by atoms with Gasteiger partial charge in [-0.05, 0) is 38.1 Å². The maximum Gasteiger partial charge on any atom is 0.275 e. The summed E-state index contributed by atoms with van der Waals surface area (Å²) in [5.74, 6) is 0.881. The molecule has 3 aromatic rings. The summed E-state index contributed by atoms with van der Waals surface area (Å²) in [6.45, 7) is 4.82. The van der Waals surface area contributed by atoms with E-state index in [1.807, 2.05) is 38.1 Å². The van der Waals surface area contributed by atoms with Crippen LogP contribution in [0.25, 0.3) is 11.0 Å². The van der Waals surface area contributed by atoms with Crippen molar-refractivity contribution in [1.29, 1.82) is 0 Å². The van der Waals surface area contributed by atoms with Gasteiger partial charge in [-0.1, -0.05) is 12.1 Å². The maximum atomic E-state index is 12.6. The minimum absolute atomic E-state index is 0.239. The highest BCUT2D eigenvalue weighted by atomic mass is 16.5. The quantitative estimate of drug-likeness (QED) is 0.743. The van der Waals surface area contributed by atoms with Crippen molar-refractivity contribution in [3.63, 3.8) is 0 Å². The van der Waals surface area contributed by atoms with E-state index in [1.165, 1.54) is 6.20 Å². The van der Waals surface area contributed by atoms with E-state index in [-0.39, 0.29) is 11.6 Å². The molecule has 1 amide bonds. The summed E-state index contributed by atoms with van der Waals surface area (Å²) >= 11 is 0. The number of para-hydroxylation sites is 2. The number of nitrogens with zero attached hydrogens (tertiary/aromatic N) is 2. The highest BCUT2D eigenvalue weighted by Gasteiger charge is 2.13. The van der Waals surface area contributed by atoms with Crippen molar-refractivity contribution in [3.05, 3.63) is 54.4 Å². The third-order valence-corrected chi connectivity index (χ3v) is 3.49. The molecule has 0 atom stereocenters. The number of hydrogen-bond donors (Lipinski definition) is 1. The van der Waals surface area contributed by atoms with Crippen molar-refractivity contribution < 1.29 is 14.3 Å². The fourth-order valence-electron chi connectivity index (χ4n) is 2.40. The van der Waals surface area contributed by atoms with Gasteiger partial charge in [0, 0.05) is 6.07 Å². The summed E-state index contributed by atoms with van der Waals surface area (Å²) in [6, 6.07) is 12.7. The monoisotopic (exact) mass is 337 g/mol. The molecule has 1 N–H and O–H groups in total. The Labute approximate surface area is 145 Å². The molecule has 0 fully saturated rings. The van der Waals surface area contributed by atoms with Gasteiger partial charge in [-0.3, -0.25) is 9.78 Å². The zero-order valence-electron chi connectivity index (χ0n) is 14.2. The molecule has 1 heterocycles. The number of benzene rings is 2. The minimum atomic E-state index is -0.354. The summed E-state index contributed by atoms with van der Waals surface area (Å²) < 4.78 is 11.1. The second kappa shape index (κ2) is 7.61. The Bertz CT molecular complexity index is 896. The molecule has 0 aliphatic heterocycles. The number of fused-ring (bicyclic) bond motifs is 1. The second-order valence-corrected chi connectivity index (χ2v) is 5.22. The van der Waals surface area contributed by atoms with Crippen molar-refractivity contribution in [1.82, 2.24) is 9.97 Å². The summed E-state index contributed by atoms with van der Waals surface area (Å²) in [6.07, 6.45) is 1.46. The summed E-state index contributed by atoms with van der Waals surface area (Å²) in [5, 5.41) is 2.83. The zero-order valence-corrected chi connectivity index (χ0v) is 14.2. The average Bonchev–Trinajstić information content (AvgIpc) is 2.64. The Morgan fingerprint density at radius 3 is 2.56 bits per heavy atom. The normalized spacial score (nSPS) is 10.5. The molecule has 128 valence electrons. The number of carbonyl (C=O) groups is 1. The van der Waals surface area contributed by atoms with Crippen LogP contribution in [-0.4, -0.2) is 29.1 Å². The number of rotatable bonds is 6. The summed E-state index contributed by atoms with van der Waals surface area (Å²) in [7, 11) is 0. The first kappa shape index (κ1) is 16.7. The number of amides is 1. The highest BCUT2D eigenvalue weighted by molar-refractivity contribution is 6.04. The zero-order chi connectivity index (χ0) is 17.6. The lowest BCUT2D eigenvalue weighted by Crippen LogP contribution is -2.15. The first-order valence-electron chi connectivity index (χ1n) is 8.14. The van der Waals surface area contributed by atoms with E-state index >= 15 is 0 Å². The van der Waals surface area contributed by atoms with E-state index in [0.29, 0.717) is 35.9 Å². The van der Waals surface area contributed by atoms with Crippen LogP contribution in [0.15, 0.2) is 48.7 Å².